The predicted octanol–water partition coefficient (Wildman–Crippen LogP) is 3.81. The molecule has 20 heavy (non-hydrogen) atoms. The Morgan fingerprint density at radius 3 is 2.55 bits per heavy atom. The second kappa shape index (κ2) is 6.79. The van der Waals surface area contributed by atoms with Gasteiger partial charge in [-0.05, 0) is 70.4 Å². The van der Waals surface area contributed by atoms with Crippen LogP contribution in [0.3, 0.4) is 0 Å². The molecule has 0 spiro atoms. The SMILES string of the molecule is CCC1CCC(NC)C(N2CCC[C@H]3CCCC[C@H]32)C1. The maximum absolute atomic E-state index is 3.65. The molecule has 3 rings (SSSR count). The zero-order chi connectivity index (χ0) is 13.9. The quantitative estimate of drug-likeness (QED) is 0.844. The Kier molecular flexibility index (Phi) is 5.04. The van der Waals surface area contributed by atoms with Crippen molar-refractivity contribution >= 4 is 0 Å². The van der Waals surface area contributed by atoms with Gasteiger partial charge in [-0.1, -0.05) is 26.2 Å². The largest absolute Gasteiger partial charge is 0.315 e. The van der Waals surface area contributed by atoms with E-state index in [4.69, 9.17) is 0 Å². The topological polar surface area (TPSA) is 15.3 Å². The van der Waals surface area contributed by atoms with Gasteiger partial charge in [0, 0.05) is 18.1 Å². The Morgan fingerprint density at radius 2 is 1.75 bits per heavy atom. The van der Waals surface area contributed by atoms with Crippen molar-refractivity contribution in [2.45, 2.75) is 89.3 Å². The second-order valence-electron chi connectivity index (χ2n) is 7.54. The molecule has 3 aliphatic rings. The van der Waals surface area contributed by atoms with E-state index in [-0.39, 0.29) is 0 Å². The van der Waals surface area contributed by atoms with Gasteiger partial charge in [-0.15, -0.1) is 0 Å². The zero-order valence-electron chi connectivity index (χ0n) is 13.6. The highest BCUT2D eigenvalue weighted by molar-refractivity contribution is 4.97. The van der Waals surface area contributed by atoms with E-state index in [1.165, 1.54) is 70.8 Å². The maximum atomic E-state index is 3.65. The molecule has 0 aromatic carbocycles. The van der Waals surface area contributed by atoms with E-state index in [9.17, 15) is 0 Å². The van der Waals surface area contributed by atoms with Gasteiger partial charge in [0.1, 0.15) is 0 Å². The van der Waals surface area contributed by atoms with E-state index < -0.39 is 0 Å². The lowest BCUT2D eigenvalue weighted by Gasteiger charge is -2.51. The van der Waals surface area contributed by atoms with Gasteiger partial charge in [-0.3, -0.25) is 4.90 Å². The molecule has 5 atom stereocenters. The summed E-state index contributed by atoms with van der Waals surface area (Å²) < 4.78 is 0. The normalized spacial score (nSPS) is 43.2. The third-order valence-electron chi connectivity index (χ3n) is 6.59. The summed E-state index contributed by atoms with van der Waals surface area (Å²) in [5.41, 5.74) is 0. The highest BCUT2D eigenvalue weighted by atomic mass is 15.2. The van der Waals surface area contributed by atoms with Crippen LogP contribution in [0.2, 0.25) is 0 Å². The van der Waals surface area contributed by atoms with Crippen LogP contribution >= 0.6 is 0 Å². The molecule has 3 unspecified atom stereocenters. The van der Waals surface area contributed by atoms with Gasteiger partial charge in [0.05, 0.1) is 0 Å². The Balaban J connectivity index is 1.73. The van der Waals surface area contributed by atoms with Crippen molar-refractivity contribution in [2.75, 3.05) is 13.6 Å². The van der Waals surface area contributed by atoms with Gasteiger partial charge >= 0.3 is 0 Å². The van der Waals surface area contributed by atoms with Crippen LogP contribution in [0.25, 0.3) is 0 Å². The summed E-state index contributed by atoms with van der Waals surface area (Å²) in [6, 6.07) is 2.50. The fourth-order valence-corrected chi connectivity index (χ4v) is 5.38. The van der Waals surface area contributed by atoms with Crippen LogP contribution < -0.4 is 5.32 Å². The average Bonchev–Trinajstić information content (AvgIpc) is 2.53. The van der Waals surface area contributed by atoms with Crippen LogP contribution in [-0.4, -0.2) is 36.6 Å². The van der Waals surface area contributed by atoms with Crippen molar-refractivity contribution < 1.29 is 0 Å². The molecule has 3 fully saturated rings. The molecule has 2 nitrogen and oxygen atoms in total. The Hall–Kier alpha value is -0.0800. The van der Waals surface area contributed by atoms with Crippen LogP contribution in [0.1, 0.15) is 71.1 Å². The lowest BCUT2D eigenvalue weighted by molar-refractivity contribution is -0.00787. The highest BCUT2D eigenvalue weighted by Gasteiger charge is 2.41. The highest BCUT2D eigenvalue weighted by Crippen LogP contribution is 2.40. The van der Waals surface area contributed by atoms with Crippen molar-refractivity contribution in [1.82, 2.24) is 10.2 Å². The molecule has 0 bridgehead atoms. The third kappa shape index (κ3) is 2.92. The summed E-state index contributed by atoms with van der Waals surface area (Å²) in [6.07, 6.45) is 14.6. The lowest BCUT2D eigenvalue weighted by atomic mass is 9.74. The van der Waals surface area contributed by atoms with E-state index >= 15 is 0 Å². The molecule has 1 saturated heterocycles. The minimum Gasteiger partial charge on any atom is -0.315 e. The van der Waals surface area contributed by atoms with E-state index in [2.05, 4.69) is 24.2 Å². The number of nitrogens with one attached hydrogen (secondary N) is 1. The van der Waals surface area contributed by atoms with Crippen molar-refractivity contribution in [3.05, 3.63) is 0 Å². The number of hydrogen-bond donors (Lipinski definition) is 1. The fourth-order valence-electron chi connectivity index (χ4n) is 5.38. The molecule has 1 aliphatic heterocycles. The number of hydrogen-bond acceptors (Lipinski definition) is 2. The monoisotopic (exact) mass is 278 g/mol. The van der Waals surface area contributed by atoms with Crippen LogP contribution in [0.4, 0.5) is 0 Å². The number of likely N-dealkylation sites (N-methyl/N-ethyl adjacent to an activating group) is 1. The summed E-state index contributed by atoms with van der Waals surface area (Å²) >= 11 is 0. The molecule has 2 heteroatoms. The van der Waals surface area contributed by atoms with Crippen LogP contribution in [0.5, 0.6) is 0 Å². The molecule has 2 aliphatic carbocycles. The van der Waals surface area contributed by atoms with Gasteiger partial charge in [0.2, 0.25) is 0 Å². The first-order chi connectivity index (χ1) is 9.83. The first-order valence-electron chi connectivity index (χ1n) is 9.26. The minimum atomic E-state index is 0.749. The molecule has 1 N–H and O–H groups in total. The first-order valence-corrected chi connectivity index (χ1v) is 9.26. The summed E-state index contributed by atoms with van der Waals surface area (Å²) in [7, 11) is 2.19. The number of rotatable bonds is 3. The average molecular weight is 278 g/mol. The van der Waals surface area contributed by atoms with Crippen molar-refractivity contribution in [3.63, 3.8) is 0 Å². The standard InChI is InChI=1S/C18H34N2/c1-3-14-10-11-16(19-2)18(13-14)20-12-6-8-15-7-4-5-9-17(15)20/h14-19H,3-13H2,1-2H3/t14?,15-,16?,17-,18?/m1/s1. The smallest absolute Gasteiger partial charge is 0.0254 e. The van der Waals surface area contributed by atoms with Crippen LogP contribution in [0, 0.1) is 11.8 Å². The number of nitrogens with zero attached hydrogens (tertiary/aromatic N) is 1. The van der Waals surface area contributed by atoms with Gasteiger partial charge < -0.3 is 5.32 Å². The number of likely N-dealkylation sites (tertiary alicyclic amines) is 1. The number of piperidine rings is 1. The van der Waals surface area contributed by atoms with Crippen LogP contribution in [-0.2, 0) is 0 Å². The zero-order valence-corrected chi connectivity index (χ0v) is 13.6. The van der Waals surface area contributed by atoms with Crippen molar-refractivity contribution in [2.24, 2.45) is 11.8 Å². The van der Waals surface area contributed by atoms with Crippen molar-refractivity contribution in [3.8, 4) is 0 Å². The summed E-state index contributed by atoms with van der Waals surface area (Å²) in [5, 5.41) is 3.65. The summed E-state index contributed by atoms with van der Waals surface area (Å²) in [4.78, 5) is 2.97. The Labute approximate surface area is 125 Å². The minimum absolute atomic E-state index is 0.749. The van der Waals surface area contributed by atoms with E-state index in [0.717, 1.165) is 30.0 Å². The molecule has 2 saturated carbocycles. The summed E-state index contributed by atoms with van der Waals surface area (Å²) in [5.74, 6) is 2.01. The third-order valence-corrected chi connectivity index (χ3v) is 6.59. The second-order valence-corrected chi connectivity index (χ2v) is 7.54. The Morgan fingerprint density at radius 1 is 0.950 bits per heavy atom. The van der Waals surface area contributed by atoms with E-state index in [1.54, 1.807) is 0 Å². The molecule has 1 heterocycles. The molecular formula is C18H34N2. The predicted molar refractivity (Wildman–Crippen MR) is 86.0 cm³/mol. The molecule has 0 amide bonds. The van der Waals surface area contributed by atoms with E-state index in [1.807, 2.05) is 0 Å². The Bertz CT molecular complexity index is 302. The molecular weight excluding hydrogens is 244 g/mol. The van der Waals surface area contributed by atoms with Gasteiger partial charge in [-0.25, -0.2) is 0 Å². The van der Waals surface area contributed by atoms with E-state index in [0.29, 0.717) is 0 Å². The van der Waals surface area contributed by atoms with Crippen molar-refractivity contribution in [1.29, 1.82) is 0 Å². The maximum Gasteiger partial charge on any atom is 0.0254 e. The summed E-state index contributed by atoms with van der Waals surface area (Å²) in [6.45, 7) is 3.77. The van der Waals surface area contributed by atoms with Crippen LogP contribution in [0.15, 0.2) is 0 Å². The van der Waals surface area contributed by atoms with Gasteiger partial charge in [0.25, 0.3) is 0 Å². The molecule has 0 aromatic rings. The fraction of sp³-hybridized carbons (Fsp3) is 1.00. The molecule has 0 aromatic heterocycles. The molecule has 116 valence electrons. The van der Waals surface area contributed by atoms with Gasteiger partial charge in [-0.2, -0.15) is 0 Å². The van der Waals surface area contributed by atoms with Gasteiger partial charge in [0.15, 0.2) is 0 Å². The first kappa shape index (κ1) is 14.8. The number of fused-ring (bicyclic) bond motifs is 1. The molecule has 0 radical (unpaired) electrons. The lowest BCUT2D eigenvalue weighted by Crippen LogP contribution is -2.59.